The highest BCUT2D eigenvalue weighted by Gasteiger charge is 2.33. The van der Waals surface area contributed by atoms with Gasteiger partial charge in [0.1, 0.15) is 16.9 Å². The average molecular weight is 336 g/mol. The van der Waals surface area contributed by atoms with E-state index in [9.17, 15) is 9.18 Å². The maximum absolute atomic E-state index is 14.1. The van der Waals surface area contributed by atoms with E-state index in [0.717, 1.165) is 0 Å². The summed E-state index contributed by atoms with van der Waals surface area (Å²) in [5.41, 5.74) is 2.77. The molecule has 1 fully saturated rings. The van der Waals surface area contributed by atoms with Crippen molar-refractivity contribution in [2.45, 2.75) is 12.6 Å². The van der Waals surface area contributed by atoms with Crippen LogP contribution in [0.1, 0.15) is 5.56 Å². The Kier molecular flexibility index (Phi) is 4.17. The Morgan fingerprint density at radius 2 is 2.39 bits per heavy atom. The molecule has 1 aromatic heterocycles. The number of cyclic esters (lactones) is 1. The van der Waals surface area contributed by atoms with Gasteiger partial charge in [0.05, 0.1) is 25.0 Å². The number of carbonyl (C=O) groups is 1. The fourth-order valence-electron chi connectivity index (χ4n) is 2.30. The quantitative estimate of drug-likeness (QED) is 0.479. The highest BCUT2D eigenvalue weighted by Crippen LogP contribution is 2.24. The molecule has 0 aliphatic carbocycles. The van der Waals surface area contributed by atoms with Gasteiger partial charge in [-0.1, -0.05) is 17.4 Å². The van der Waals surface area contributed by atoms with Gasteiger partial charge < -0.3 is 10.2 Å². The molecule has 0 unspecified atom stereocenters. The van der Waals surface area contributed by atoms with Gasteiger partial charge in [-0.15, -0.1) is 5.10 Å². The number of aromatic nitrogens is 3. The van der Waals surface area contributed by atoms with Gasteiger partial charge in [0.25, 0.3) is 0 Å². The highest BCUT2D eigenvalue weighted by atomic mass is 32.1. The van der Waals surface area contributed by atoms with Crippen molar-refractivity contribution in [1.82, 2.24) is 20.4 Å². The summed E-state index contributed by atoms with van der Waals surface area (Å²) in [7, 11) is 0. The van der Waals surface area contributed by atoms with Crippen molar-refractivity contribution in [3.63, 3.8) is 0 Å². The predicted molar refractivity (Wildman–Crippen MR) is 83.1 cm³/mol. The second kappa shape index (κ2) is 6.26. The molecule has 1 amide bonds. The molecular formula is C13H13FN6O2S. The van der Waals surface area contributed by atoms with Crippen LogP contribution in [0.25, 0.3) is 0 Å². The lowest BCUT2D eigenvalue weighted by Gasteiger charge is -2.14. The van der Waals surface area contributed by atoms with Crippen molar-refractivity contribution < 1.29 is 13.9 Å². The third-order valence-corrected chi connectivity index (χ3v) is 3.71. The third kappa shape index (κ3) is 3.12. The molecule has 1 aliphatic heterocycles. The average Bonchev–Trinajstić information content (AvgIpc) is 3.16. The summed E-state index contributed by atoms with van der Waals surface area (Å²) in [5.74, 6) is 4.61. The van der Waals surface area contributed by atoms with E-state index in [4.69, 9.17) is 22.8 Å². The van der Waals surface area contributed by atoms with E-state index in [1.54, 1.807) is 16.9 Å². The predicted octanol–water partition coefficient (Wildman–Crippen LogP) is 0.581. The zero-order valence-electron chi connectivity index (χ0n) is 11.8. The standard InChI is InChI=1S/C13H13FN6O2S/c14-11-5-8(1-2-10(11)12(23)17-15)20-7-9(22-13(20)21)6-19-4-3-16-18-19/h1-5,9H,6-7,15H2,(H,17,23)/t9-/m0/s1. The van der Waals surface area contributed by atoms with Crippen LogP contribution in [0.3, 0.4) is 0 Å². The van der Waals surface area contributed by atoms with Crippen LogP contribution in [0.5, 0.6) is 0 Å². The maximum atomic E-state index is 14.1. The van der Waals surface area contributed by atoms with Crippen LogP contribution < -0.4 is 16.2 Å². The van der Waals surface area contributed by atoms with Crippen LogP contribution >= 0.6 is 12.2 Å². The van der Waals surface area contributed by atoms with E-state index in [-0.39, 0.29) is 17.1 Å². The van der Waals surface area contributed by atoms with Crippen molar-refractivity contribution in [3.8, 4) is 0 Å². The number of anilines is 1. The first-order valence-corrected chi connectivity index (χ1v) is 7.12. The first kappa shape index (κ1) is 15.3. The van der Waals surface area contributed by atoms with E-state index in [1.807, 2.05) is 0 Å². The van der Waals surface area contributed by atoms with E-state index in [0.29, 0.717) is 12.2 Å². The Morgan fingerprint density at radius 3 is 3.04 bits per heavy atom. The third-order valence-electron chi connectivity index (χ3n) is 3.38. The summed E-state index contributed by atoms with van der Waals surface area (Å²) < 4.78 is 20.9. The number of ether oxygens (including phenoxy) is 1. The Balaban J connectivity index is 1.75. The topological polar surface area (TPSA) is 98.3 Å². The van der Waals surface area contributed by atoms with Gasteiger partial charge in [-0.25, -0.2) is 19.7 Å². The smallest absolute Gasteiger partial charge is 0.414 e. The molecule has 2 aromatic rings. The summed E-state index contributed by atoms with van der Waals surface area (Å²) in [6.45, 7) is 0.668. The molecule has 1 aliphatic rings. The van der Waals surface area contributed by atoms with Crippen LogP contribution in [-0.4, -0.2) is 38.7 Å². The van der Waals surface area contributed by atoms with E-state index >= 15 is 0 Å². The zero-order valence-corrected chi connectivity index (χ0v) is 12.7. The van der Waals surface area contributed by atoms with Gasteiger partial charge in [-0.2, -0.15) is 0 Å². The summed E-state index contributed by atoms with van der Waals surface area (Å²) >= 11 is 4.90. The van der Waals surface area contributed by atoms with Gasteiger partial charge in [0.2, 0.25) is 0 Å². The summed E-state index contributed by atoms with van der Waals surface area (Å²) in [4.78, 5) is 13.4. The lowest BCUT2D eigenvalue weighted by Crippen LogP contribution is -2.30. The van der Waals surface area contributed by atoms with Crippen LogP contribution in [0, 0.1) is 5.82 Å². The van der Waals surface area contributed by atoms with Crippen LogP contribution in [0.2, 0.25) is 0 Å². The minimum atomic E-state index is -0.571. The Hall–Kier alpha value is -2.59. The van der Waals surface area contributed by atoms with Crippen molar-refractivity contribution in [2.24, 2.45) is 5.84 Å². The van der Waals surface area contributed by atoms with E-state index < -0.39 is 18.0 Å². The number of rotatable bonds is 4. The lowest BCUT2D eigenvalue weighted by molar-refractivity contribution is 0.129. The lowest BCUT2D eigenvalue weighted by atomic mass is 10.1. The van der Waals surface area contributed by atoms with Crippen LogP contribution in [0.4, 0.5) is 14.9 Å². The number of amides is 1. The monoisotopic (exact) mass is 336 g/mol. The number of benzene rings is 1. The fraction of sp³-hybridized carbons (Fsp3) is 0.231. The Bertz CT molecular complexity index is 738. The number of hydrogen-bond donors (Lipinski definition) is 2. The SMILES string of the molecule is NNC(=S)c1ccc(N2C[C@H](Cn3ccnn3)OC2=O)cc1F. The van der Waals surface area contributed by atoms with Crippen LogP contribution in [-0.2, 0) is 11.3 Å². The summed E-state index contributed by atoms with van der Waals surface area (Å²) in [5, 5.41) is 7.51. The number of carbonyl (C=O) groups excluding carboxylic acids is 1. The zero-order chi connectivity index (χ0) is 16.4. The number of thiocarbonyl (C=S) groups is 1. The van der Waals surface area contributed by atoms with Crippen molar-refractivity contribution in [1.29, 1.82) is 0 Å². The van der Waals surface area contributed by atoms with Crippen molar-refractivity contribution in [3.05, 3.63) is 42.0 Å². The molecule has 1 atom stereocenters. The van der Waals surface area contributed by atoms with Gasteiger partial charge in [0, 0.05) is 11.8 Å². The van der Waals surface area contributed by atoms with Gasteiger partial charge >= 0.3 is 6.09 Å². The van der Waals surface area contributed by atoms with Crippen LogP contribution in [0.15, 0.2) is 30.6 Å². The summed E-state index contributed by atoms with van der Waals surface area (Å²) in [6, 6.07) is 4.27. The second-order valence-corrected chi connectivity index (χ2v) is 5.29. The van der Waals surface area contributed by atoms with Gasteiger partial charge in [-0.05, 0) is 18.2 Å². The molecule has 3 N–H and O–H groups in total. The first-order valence-electron chi connectivity index (χ1n) is 6.71. The van der Waals surface area contributed by atoms with Crippen molar-refractivity contribution in [2.75, 3.05) is 11.4 Å². The number of hydrogen-bond acceptors (Lipinski definition) is 6. The number of nitrogens with zero attached hydrogens (tertiary/aromatic N) is 4. The molecule has 0 spiro atoms. The highest BCUT2D eigenvalue weighted by molar-refractivity contribution is 7.80. The molecule has 1 saturated heterocycles. The Morgan fingerprint density at radius 1 is 1.57 bits per heavy atom. The molecular weight excluding hydrogens is 323 g/mol. The number of halogens is 1. The first-order chi connectivity index (χ1) is 11.1. The number of nitrogens with one attached hydrogen (secondary N) is 1. The molecule has 2 heterocycles. The number of hydrazine groups is 1. The maximum Gasteiger partial charge on any atom is 0.414 e. The molecule has 0 radical (unpaired) electrons. The Labute approximate surface area is 136 Å². The molecule has 23 heavy (non-hydrogen) atoms. The molecule has 0 saturated carbocycles. The molecule has 1 aromatic carbocycles. The fourth-order valence-corrected chi connectivity index (χ4v) is 2.47. The number of nitrogens with two attached hydrogens (primary N) is 1. The molecule has 8 nitrogen and oxygen atoms in total. The van der Waals surface area contributed by atoms with E-state index in [2.05, 4.69) is 15.7 Å². The second-order valence-electron chi connectivity index (χ2n) is 4.88. The largest absolute Gasteiger partial charge is 0.442 e. The summed E-state index contributed by atoms with van der Waals surface area (Å²) in [6.07, 6.45) is 2.28. The van der Waals surface area contributed by atoms with Gasteiger partial charge in [-0.3, -0.25) is 4.90 Å². The van der Waals surface area contributed by atoms with Crippen molar-refractivity contribution >= 4 is 29.0 Å². The minimum absolute atomic E-state index is 0.0853. The molecule has 0 bridgehead atoms. The van der Waals surface area contributed by atoms with E-state index in [1.165, 1.54) is 23.2 Å². The normalized spacial score (nSPS) is 17.2. The molecule has 3 rings (SSSR count). The van der Waals surface area contributed by atoms with Gasteiger partial charge in [0.15, 0.2) is 0 Å². The molecule has 120 valence electrons. The minimum Gasteiger partial charge on any atom is -0.442 e. The molecule has 10 heteroatoms.